The number of rotatable bonds is 7. The Labute approximate surface area is 124 Å². The molecular weight excluding hydrogens is 320 g/mol. The molecule has 21 heavy (non-hydrogen) atoms. The first-order chi connectivity index (χ1) is 9.58. The Hall–Kier alpha value is -1.00. The van der Waals surface area contributed by atoms with Crippen molar-refractivity contribution >= 4 is 20.2 Å². The third-order valence-electron chi connectivity index (χ3n) is 2.90. The van der Waals surface area contributed by atoms with Crippen LogP contribution in [0.2, 0.25) is 0 Å². The molecule has 0 saturated carbocycles. The molecule has 0 heterocycles. The fourth-order valence-electron chi connectivity index (χ4n) is 1.77. The Balaban J connectivity index is 2.78. The van der Waals surface area contributed by atoms with Gasteiger partial charge in [0.1, 0.15) is 5.25 Å². The summed E-state index contributed by atoms with van der Waals surface area (Å²) in [6.07, 6.45) is -0.334. The highest BCUT2D eigenvalue weighted by molar-refractivity contribution is 7.87. The van der Waals surface area contributed by atoms with Crippen LogP contribution in [0.4, 0.5) is 0 Å². The minimum absolute atomic E-state index is 0.000467. The van der Waals surface area contributed by atoms with E-state index in [0.717, 1.165) is 5.56 Å². The highest BCUT2D eigenvalue weighted by Crippen LogP contribution is 2.19. The molecule has 0 fully saturated rings. The average molecular weight is 338 g/mol. The molecule has 1 aromatic carbocycles. The fraction of sp³-hybridized carbons (Fsp3) is 0.500. The first-order valence-electron chi connectivity index (χ1n) is 6.12. The first-order valence-corrected chi connectivity index (χ1v) is 9.03. The quantitative estimate of drug-likeness (QED) is 0.553. The van der Waals surface area contributed by atoms with Gasteiger partial charge in [0.05, 0.1) is 18.1 Å². The van der Waals surface area contributed by atoms with Gasteiger partial charge in [-0.2, -0.15) is 16.8 Å². The van der Waals surface area contributed by atoms with Gasteiger partial charge in [-0.15, -0.1) is 0 Å². The summed E-state index contributed by atoms with van der Waals surface area (Å²) >= 11 is 0. The molecule has 1 unspecified atom stereocenters. The maximum atomic E-state index is 12.0. The first kappa shape index (κ1) is 18.1. The van der Waals surface area contributed by atoms with Crippen LogP contribution in [0.5, 0.6) is 0 Å². The molecule has 0 aliphatic carbocycles. The molecule has 0 spiro atoms. The van der Waals surface area contributed by atoms with Crippen molar-refractivity contribution in [2.75, 3.05) is 13.2 Å². The predicted octanol–water partition coefficient (Wildman–Crippen LogP) is 0.648. The van der Waals surface area contributed by atoms with Crippen LogP contribution in [-0.2, 0) is 24.4 Å². The second-order valence-corrected chi connectivity index (χ2v) is 7.93. The molecular formula is C12H18O7S2. The van der Waals surface area contributed by atoms with Gasteiger partial charge in [-0.1, -0.05) is 17.7 Å². The maximum Gasteiger partial charge on any atom is 0.297 e. The lowest BCUT2D eigenvalue weighted by Crippen LogP contribution is -2.26. The summed E-state index contributed by atoms with van der Waals surface area (Å²) in [7, 11) is -8.45. The van der Waals surface area contributed by atoms with Crippen LogP contribution >= 0.6 is 0 Å². The fourth-order valence-corrected chi connectivity index (χ4v) is 3.48. The number of aliphatic hydroxyl groups is 1. The summed E-state index contributed by atoms with van der Waals surface area (Å²) in [4.78, 5) is 0.000467. The molecule has 0 aliphatic heterocycles. The molecule has 0 bridgehead atoms. The van der Waals surface area contributed by atoms with Crippen LogP contribution in [0.3, 0.4) is 0 Å². The number of benzene rings is 1. The largest absolute Gasteiger partial charge is 0.395 e. The van der Waals surface area contributed by atoms with E-state index in [1.165, 1.54) is 6.07 Å². The predicted molar refractivity (Wildman–Crippen MR) is 76.1 cm³/mol. The summed E-state index contributed by atoms with van der Waals surface area (Å²) in [5.41, 5.74) is 1.42. The van der Waals surface area contributed by atoms with Crippen molar-refractivity contribution in [3.05, 3.63) is 29.3 Å². The van der Waals surface area contributed by atoms with E-state index in [1.54, 1.807) is 19.1 Å². The van der Waals surface area contributed by atoms with Gasteiger partial charge < -0.3 is 5.11 Å². The zero-order chi connectivity index (χ0) is 16.3. The van der Waals surface area contributed by atoms with Crippen molar-refractivity contribution in [1.82, 2.24) is 0 Å². The smallest absolute Gasteiger partial charge is 0.297 e. The molecule has 0 radical (unpaired) electrons. The van der Waals surface area contributed by atoms with E-state index in [9.17, 15) is 16.8 Å². The number of hydrogen-bond donors (Lipinski definition) is 2. The van der Waals surface area contributed by atoms with Crippen LogP contribution in [-0.4, -0.2) is 45.0 Å². The van der Waals surface area contributed by atoms with Gasteiger partial charge in [-0.05, 0) is 31.9 Å². The van der Waals surface area contributed by atoms with Crippen LogP contribution in [0, 0.1) is 13.8 Å². The third kappa shape index (κ3) is 5.04. The molecule has 1 aromatic rings. The van der Waals surface area contributed by atoms with E-state index in [4.69, 9.17) is 13.8 Å². The summed E-state index contributed by atoms with van der Waals surface area (Å²) in [5.74, 6) is 0. The van der Waals surface area contributed by atoms with Crippen molar-refractivity contribution in [2.24, 2.45) is 0 Å². The van der Waals surface area contributed by atoms with E-state index in [1.807, 2.05) is 6.92 Å². The van der Waals surface area contributed by atoms with Crippen molar-refractivity contribution in [3.8, 4) is 0 Å². The van der Waals surface area contributed by atoms with Crippen molar-refractivity contribution in [2.45, 2.75) is 30.4 Å². The highest BCUT2D eigenvalue weighted by atomic mass is 32.2. The zero-order valence-electron chi connectivity index (χ0n) is 11.7. The molecule has 1 rings (SSSR count). The van der Waals surface area contributed by atoms with Gasteiger partial charge in [-0.25, -0.2) is 0 Å². The van der Waals surface area contributed by atoms with Crippen LogP contribution < -0.4 is 0 Å². The Morgan fingerprint density at radius 2 is 1.81 bits per heavy atom. The van der Waals surface area contributed by atoms with E-state index >= 15 is 0 Å². The zero-order valence-corrected chi connectivity index (χ0v) is 13.3. The Kier molecular flexibility index (Phi) is 5.88. The van der Waals surface area contributed by atoms with Crippen molar-refractivity contribution in [1.29, 1.82) is 0 Å². The molecule has 0 amide bonds. The lowest BCUT2D eigenvalue weighted by molar-refractivity contribution is 0.250. The number of aryl methyl sites for hydroxylation is 2. The number of hydrogen-bond acceptors (Lipinski definition) is 6. The molecule has 0 aromatic heterocycles. The summed E-state index contributed by atoms with van der Waals surface area (Å²) in [6.45, 7) is 2.17. The van der Waals surface area contributed by atoms with E-state index in [2.05, 4.69) is 0 Å². The van der Waals surface area contributed by atoms with Gasteiger partial charge in [0.15, 0.2) is 0 Å². The molecule has 0 saturated heterocycles. The van der Waals surface area contributed by atoms with Crippen LogP contribution in [0.25, 0.3) is 0 Å². The monoisotopic (exact) mass is 338 g/mol. The Bertz CT molecular complexity index is 692. The SMILES string of the molecule is Cc1ccc(S(=O)(=O)OCCC(CO)S(=O)(=O)O)c(C)c1. The second kappa shape index (κ2) is 6.84. The van der Waals surface area contributed by atoms with Gasteiger partial charge in [0.25, 0.3) is 20.2 Å². The van der Waals surface area contributed by atoms with Crippen LogP contribution in [0.15, 0.2) is 23.1 Å². The van der Waals surface area contributed by atoms with E-state index in [0.29, 0.717) is 5.56 Å². The Morgan fingerprint density at radius 1 is 1.19 bits per heavy atom. The average Bonchev–Trinajstić information content (AvgIpc) is 2.32. The molecule has 120 valence electrons. The minimum atomic E-state index is -4.44. The molecule has 0 aliphatic rings. The highest BCUT2D eigenvalue weighted by Gasteiger charge is 2.24. The summed E-state index contributed by atoms with van der Waals surface area (Å²) in [5, 5.41) is 7.37. The maximum absolute atomic E-state index is 12.0. The van der Waals surface area contributed by atoms with Gasteiger partial charge >= 0.3 is 0 Å². The van der Waals surface area contributed by atoms with E-state index in [-0.39, 0.29) is 11.3 Å². The third-order valence-corrected chi connectivity index (χ3v) is 5.60. The lowest BCUT2D eigenvalue weighted by Gasteiger charge is -2.12. The van der Waals surface area contributed by atoms with Gasteiger partial charge in [0, 0.05) is 0 Å². The normalized spacial score (nSPS) is 14.1. The summed E-state index contributed by atoms with van der Waals surface area (Å²) in [6, 6.07) is 4.72. The van der Waals surface area contributed by atoms with Crippen molar-refractivity contribution < 1.29 is 30.7 Å². The minimum Gasteiger partial charge on any atom is -0.395 e. The molecule has 9 heteroatoms. The van der Waals surface area contributed by atoms with Crippen molar-refractivity contribution in [3.63, 3.8) is 0 Å². The van der Waals surface area contributed by atoms with Crippen LogP contribution in [0.1, 0.15) is 17.5 Å². The summed E-state index contributed by atoms with van der Waals surface area (Å²) < 4.78 is 59.3. The molecule has 2 N–H and O–H groups in total. The standard InChI is InChI=1S/C12H18O7S2/c1-9-3-4-12(10(2)7-9)21(17,18)19-6-5-11(8-13)20(14,15)16/h3-4,7,11,13H,5-6,8H2,1-2H3,(H,14,15,16). The van der Waals surface area contributed by atoms with Gasteiger partial charge in [0.2, 0.25) is 0 Å². The Morgan fingerprint density at radius 3 is 2.29 bits per heavy atom. The van der Waals surface area contributed by atoms with E-state index < -0.39 is 38.7 Å². The topological polar surface area (TPSA) is 118 Å². The second-order valence-electron chi connectivity index (χ2n) is 4.65. The molecule has 7 nitrogen and oxygen atoms in total. The lowest BCUT2D eigenvalue weighted by atomic mass is 10.2. The molecule has 1 atom stereocenters. The van der Waals surface area contributed by atoms with Gasteiger partial charge in [-0.3, -0.25) is 8.74 Å². The number of aliphatic hydroxyl groups excluding tert-OH is 1.